The molecule has 1 aliphatic carbocycles. The predicted molar refractivity (Wildman–Crippen MR) is 78.6 cm³/mol. The van der Waals surface area contributed by atoms with Crippen LogP contribution in [-0.2, 0) is 9.84 Å². The van der Waals surface area contributed by atoms with Crippen molar-refractivity contribution in [1.29, 1.82) is 0 Å². The molecule has 0 spiro atoms. The van der Waals surface area contributed by atoms with Gasteiger partial charge in [-0.1, -0.05) is 24.3 Å². The van der Waals surface area contributed by atoms with Gasteiger partial charge in [-0.15, -0.1) is 0 Å². The van der Waals surface area contributed by atoms with Crippen molar-refractivity contribution >= 4 is 9.84 Å². The molecular weight excluding hydrogens is 272 g/mol. The zero-order valence-corrected chi connectivity index (χ0v) is 12.1. The Labute approximate surface area is 119 Å². The molecule has 0 heterocycles. The van der Waals surface area contributed by atoms with Crippen molar-refractivity contribution in [3.63, 3.8) is 0 Å². The van der Waals surface area contributed by atoms with Crippen LogP contribution in [-0.4, -0.2) is 20.8 Å². The molecule has 0 saturated heterocycles. The van der Waals surface area contributed by atoms with E-state index in [4.69, 9.17) is 4.74 Å². The zero-order valence-electron chi connectivity index (χ0n) is 11.2. The van der Waals surface area contributed by atoms with Gasteiger partial charge in [-0.25, -0.2) is 8.42 Å². The molecule has 20 heavy (non-hydrogen) atoms. The minimum absolute atomic E-state index is 0.343. The molecule has 0 aromatic heterocycles. The first-order valence-corrected chi connectivity index (χ1v) is 8.49. The summed E-state index contributed by atoms with van der Waals surface area (Å²) in [5.74, 6) is 0.893. The van der Waals surface area contributed by atoms with Crippen LogP contribution in [0.15, 0.2) is 53.4 Å². The summed E-state index contributed by atoms with van der Waals surface area (Å²) in [6.07, 6.45) is 3.91. The maximum absolute atomic E-state index is 11.4. The molecule has 0 N–H and O–H groups in total. The molecule has 3 nitrogen and oxygen atoms in total. The van der Waals surface area contributed by atoms with E-state index in [1.807, 2.05) is 36.4 Å². The smallest absolute Gasteiger partial charge is 0.175 e. The van der Waals surface area contributed by atoms with Gasteiger partial charge in [0, 0.05) is 6.26 Å². The van der Waals surface area contributed by atoms with E-state index in [2.05, 4.69) is 0 Å². The lowest BCUT2D eigenvalue weighted by Crippen LogP contribution is -1.96. The Balaban J connectivity index is 1.81. The average Bonchev–Trinajstić information content (AvgIpc) is 3.23. The van der Waals surface area contributed by atoms with Gasteiger partial charge < -0.3 is 4.74 Å². The molecule has 0 atom stereocenters. The molecular formula is C16H16O3S. The number of hydrogen-bond acceptors (Lipinski definition) is 3. The highest BCUT2D eigenvalue weighted by molar-refractivity contribution is 7.90. The average molecular weight is 288 g/mol. The highest BCUT2D eigenvalue weighted by atomic mass is 32.2. The molecule has 0 bridgehead atoms. The molecule has 0 amide bonds. The molecule has 0 aliphatic heterocycles. The fourth-order valence-electron chi connectivity index (χ4n) is 2.00. The number of ether oxygens (including phenoxy) is 1. The number of rotatable bonds is 4. The van der Waals surface area contributed by atoms with E-state index in [1.165, 1.54) is 6.26 Å². The van der Waals surface area contributed by atoms with Crippen molar-refractivity contribution in [3.05, 3.63) is 48.5 Å². The van der Waals surface area contributed by atoms with Crippen LogP contribution >= 0.6 is 0 Å². The van der Waals surface area contributed by atoms with Crippen LogP contribution in [0.3, 0.4) is 0 Å². The summed E-state index contributed by atoms with van der Waals surface area (Å²) >= 11 is 0. The lowest BCUT2D eigenvalue weighted by molar-refractivity contribution is 0.303. The van der Waals surface area contributed by atoms with E-state index < -0.39 is 9.84 Å². The minimum Gasteiger partial charge on any atom is -0.490 e. The zero-order chi connectivity index (χ0) is 14.2. The molecule has 0 radical (unpaired) electrons. The highest BCUT2D eigenvalue weighted by Crippen LogP contribution is 2.29. The minimum atomic E-state index is -3.14. The van der Waals surface area contributed by atoms with Crippen molar-refractivity contribution in [2.45, 2.75) is 23.8 Å². The second-order valence-corrected chi connectivity index (χ2v) is 7.15. The Morgan fingerprint density at radius 3 is 1.85 bits per heavy atom. The number of benzene rings is 2. The third kappa shape index (κ3) is 3.02. The first-order valence-electron chi connectivity index (χ1n) is 6.59. The fraction of sp³-hybridized carbons (Fsp3) is 0.250. The third-order valence-corrected chi connectivity index (χ3v) is 4.43. The maximum Gasteiger partial charge on any atom is 0.175 e. The number of hydrogen-bond donors (Lipinski definition) is 0. The van der Waals surface area contributed by atoms with Gasteiger partial charge in [0.15, 0.2) is 9.84 Å². The Morgan fingerprint density at radius 2 is 1.40 bits per heavy atom. The molecule has 1 saturated carbocycles. The molecule has 1 aliphatic rings. The Hall–Kier alpha value is -1.81. The topological polar surface area (TPSA) is 43.4 Å². The fourth-order valence-corrected chi connectivity index (χ4v) is 2.63. The van der Waals surface area contributed by atoms with Gasteiger partial charge in [0.1, 0.15) is 5.75 Å². The molecule has 104 valence electrons. The van der Waals surface area contributed by atoms with Crippen molar-refractivity contribution in [1.82, 2.24) is 0 Å². The molecule has 3 rings (SSSR count). The van der Waals surface area contributed by atoms with Gasteiger partial charge in [-0.2, -0.15) is 0 Å². The first-order chi connectivity index (χ1) is 9.52. The Bertz CT molecular complexity index is 696. The Kier molecular flexibility index (Phi) is 3.26. The predicted octanol–water partition coefficient (Wildman–Crippen LogP) is 3.30. The second kappa shape index (κ2) is 4.94. The largest absolute Gasteiger partial charge is 0.490 e. The number of sulfone groups is 1. The van der Waals surface area contributed by atoms with Gasteiger partial charge in [0.05, 0.1) is 11.0 Å². The van der Waals surface area contributed by atoms with E-state index in [1.54, 1.807) is 12.1 Å². The summed E-state index contributed by atoms with van der Waals surface area (Å²) in [5.41, 5.74) is 2.04. The quantitative estimate of drug-likeness (QED) is 0.867. The third-order valence-electron chi connectivity index (χ3n) is 3.30. The maximum atomic E-state index is 11.4. The van der Waals surface area contributed by atoms with Crippen LogP contribution in [0, 0.1) is 0 Å². The molecule has 1 fully saturated rings. The summed E-state index contributed by atoms with van der Waals surface area (Å²) < 4.78 is 28.5. The van der Waals surface area contributed by atoms with Gasteiger partial charge in [-0.3, -0.25) is 0 Å². The lowest BCUT2D eigenvalue weighted by Gasteiger charge is -2.06. The van der Waals surface area contributed by atoms with Crippen LogP contribution in [0.4, 0.5) is 0 Å². The van der Waals surface area contributed by atoms with Crippen LogP contribution in [0.2, 0.25) is 0 Å². The van der Waals surface area contributed by atoms with Gasteiger partial charge in [0.2, 0.25) is 0 Å². The van der Waals surface area contributed by atoms with Crippen LogP contribution in [0.1, 0.15) is 12.8 Å². The Morgan fingerprint density at radius 1 is 0.900 bits per heavy atom. The van der Waals surface area contributed by atoms with Crippen LogP contribution in [0.25, 0.3) is 11.1 Å². The van der Waals surface area contributed by atoms with Crippen molar-refractivity contribution < 1.29 is 13.2 Å². The van der Waals surface area contributed by atoms with Gasteiger partial charge >= 0.3 is 0 Å². The van der Waals surface area contributed by atoms with Crippen molar-refractivity contribution in [2.75, 3.05) is 6.26 Å². The van der Waals surface area contributed by atoms with Gasteiger partial charge in [0.25, 0.3) is 0 Å². The first kappa shape index (κ1) is 13.2. The summed E-state index contributed by atoms with van der Waals surface area (Å²) in [6.45, 7) is 0. The summed E-state index contributed by atoms with van der Waals surface area (Å²) in [5, 5.41) is 0. The van der Waals surface area contributed by atoms with Crippen LogP contribution < -0.4 is 4.74 Å². The molecule has 0 unspecified atom stereocenters. The van der Waals surface area contributed by atoms with Crippen LogP contribution in [0.5, 0.6) is 5.75 Å². The van der Waals surface area contributed by atoms with Gasteiger partial charge in [-0.05, 0) is 48.2 Å². The standard InChI is InChI=1S/C16H16O3S/c1-20(17,18)16-10-4-13(5-11-16)12-2-6-14(7-3-12)19-15-8-9-15/h2-7,10-11,15H,8-9H2,1H3. The van der Waals surface area contributed by atoms with Crippen molar-refractivity contribution in [2.24, 2.45) is 0 Å². The summed E-state index contributed by atoms with van der Waals surface area (Å²) in [7, 11) is -3.14. The molecule has 2 aromatic carbocycles. The van der Waals surface area contributed by atoms with E-state index in [9.17, 15) is 8.42 Å². The second-order valence-electron chi connectivity index (χ2n) is 5.14. The SMILES string of the molecule is CS(=O)(=O)c1ccc(-c2ccc(OC3CC3)cc2)cc1. The van der Waals surface area contributed by atoms with Crippen molar-refractivity contribution in [3.8, 4) is 16.9 Å². The molecule has 2 aromatic rings. The summed E-state index contributed by atoms with van der Waals surface area (Å²) in [6, 6.07) is 14.8. The van der Waals surface area contributed by atoms with E-state index in [0.717, 1.165) is 29.7 Å². The van der Waals surface area contributed by atoms with E-state index in [0.29, 0.717) is 11.0 Å². The molecule has 4 heteroatoms. The van der Waals surface area contributed by atoms with E-state index >= 15 is 0 Å². The highest BCUT2D eigenvalue weighted by Gasteiger charge is 2.23. The van der Waals surface area contributed by atoms with E-state index in [-0.39, 0.29) is 0 Å². The lowest BCUT2D eigenvalue weighted by atomic mass is 10.1. The monoisotopic (exact) mass is 288 g/mol. The summed E-state index contributed by atoms with van der Waals surface area (Å²) in [4.78, 5) is 0.343. The normalized spacial score (nSPS) is 15.1.